The normalized spacial score (nSPS) is 12.9. The second kappa shape index (κ2) is 6.00. The van der Waals surface area contributed by atoms with Crippen molar-refractivity contribution in [3.63, 3.8) is 0 Å². The molecule has 0 aromatic heterocycles. The Balaban J connectivity index is 2.95. The van der Waals surface area contributed by atoms with Crippen molar-refractivity contribution in [2.45, 2.75) is 19.3 Å². The number of ether oxygens (including phenoxy) is 1. The zero-order chi connectivity index (χ0) is 15.5. The molecule has 0 radical (unpaired) electrons. The largest absolute Gasteiger partial charge is 0.573 e. The minimum atomic E-state index is -4.85. The van der Waals surface area contributed by atoms with Gasteiger partial charge in [0, 0.05) is 12.6 Å². The number of benzene rings is 1. The highest BCUT2D eigenvalue weighted by molar-refractivity contribution is 5.95. The third kappa shape index (κ3) is 4.02. The predicted octanol–water partition coefficient (Wildman–Crippen LogP) is 1.62. The van der Waals surface area contributed by atoms with Crippen molar-refractivity contribution in [3.05, 3.63) is 23.8 Å². The fourth-order valence-electron chi connectivity index (χ4n) is 1.43. The van der Waals surface area contributed by atoms with Crippen LogP contribution >= 0.6 is 0 Å². The molecule has 0 saturated heterocycles. The summed E-state index contributed by atoms with van der Waals surface area (Å²) in [4.78, 5) is 13.3. The number of likely N-dealkylation sites (N-methyl/N-ethyl adjacent to an activating group) is 1. The summed E-state index contributed by atoms with van der Waals surface area (Å²) in [6.45, 7) is 1.40. The Labute approximate surface area is 113 Å². The summed E-state index contributed by atoms with van der Waals surface area (Å²) in [5.41, 5.74) is 5.25. The Hall–Kier alpha value is -1.96. The van der Waals surface area contributed by atoms with Crippen LogP contribution in [0, 0.1) is 0 Å². The van der Waals surface area contributed by atoms with Gasteiger partial charge in [0.1, 0.15) is 0 Å². The Bertz CT molecular complexity index is 491. The number of carbonyl (C=O) groups excluding carboxylic acids is 1. The number of halogens is 3. The summed E-state index contributed by atoms with van der Waals surface area (Å²) >= 11 is 0. The number of hydrogen-bond acceptors (Lipinski definition) is 4. The molecular weight excluding hydrogens is 277 g/mol. The Morgan fingerprint density at radius 1 is 1.50 bits per heavy atom. The molecule has 0 aliphatic rings. The van der Waals surface area contributed by atoms with Gasteiger partial charge < -0.3 is 20.5 Å². The van der Waals surface area contributed by atoms with E-state index in [0.29, 0.717) is 0 Å². The molecule has 0 bridgehead atoms. The minimum Gasteiger partial charge on any atom is -0.404 e. The molecule has 112 valence electrons. The van der Waals surface area contributed by atoms with Gasteiger partial charge in [0.2, 0.25) is 0 Å². The Morgan fingerprint density at radius 2 is 2.10 bits per heavy atom. The highest BCUT2D eigenvalue weighted by Gasteiger charge is 2.32. The molecule has 20 heavy (non-hydrogen) atoms. The van der Waals surface area contributed by atoms with Crippen molar-refractivity contribution in [1.82, 2.24) is 4.90 Å². The van der Waals surface area contributed by atoms with Gasteiger partial charge in [0.25, 0.3) is 5.91 Å². The molecular formula is C12H15F3N2O3. The lowest BCUT2D eigenvalue weighted by atomic mass is 10.1. The summed E-state index contributed by atoms with van der Waals surface area (Å²) in [5.74, 6) is -1.02. The zero-order valence-corrected chi connectivity index (χ0v) is 10.9. The van der Waals surface area contributed by atoms with Crippen molar-refractivity contribution in [2.75, 3.05) is 19.4 Å². The topological polar surface area (TPSA) is 75.8 Å². The summed E-state index contributed by atoms with van der Waals surface area (Å²) in [6, 6.07) is 2.84. The van der Waals surface area contributed by atoms with Crippen LogP contribution < -0.4 is 10.5 Å². The predicted molar refractivity (Wildman–Crippen MR) is 66.2 cm³/mol. The number of hydrogen-bond donors (Lipinski definition) is 2. The molecule has 0 saturated carbocycles. The molecule has 0 aliphatic carbocycles. The van der Waals surface area contributed by atoms with Gasteiger partial charge >= 0.3 is 6.36 Å². The number of alkyl halides is 3. The van der Waals surface area contributed by atoms with E-state index in [4.69, 9.17) is 10.8 Å². The van der Waals surface area contributed by atoms with Crippen molar-refractivity contribution < 1.29 is 27.8 Å². The molecule has 1 rings (SSSR count). The highest BCUT2D eigenvalue weighted by Crippen LogP contribution is 2.29. The van der Waals surface area contributed by atoms with Crippen LogP contribution in [-0.4, -0.2) is 42.0 Å². The number of aliphatic hydroxyl groups excluding tert-OH is 1. The van der Waals surface area contributed by atoms with E-state index in [1.165, 1.54) is 18.0 Å². The lowest BCUT2D eigenvalue weighted by Gasteiger charge is -2.23. The fourth-order valence-corrected chi connectivity index (χ4v) is 1.43. The van der Waals surface area contributed by atoms with Crippen LogP contribution in [0.5, 0.6) is 5.75 Å². The standard InChI is InChI=1S/C12H15F3N2O3/c1-7(6-18)17(2)11(19)8-3-4-10(9(16)5-8)20-12(13,14)15/h3-5,7,18H,6,16H2,1-2H3. The first-order valence-electron chi connectivity index (χ1n) is 5.69. The van der Waals surface area contributed by atoms with Crippen LogP contribution in [0.4, 0.5) is 18.9 Å². The van der Waals surface area contributed by atoms with E-state index in [9.17, 15) is 18.0 Å². The van der Waals surface area contributed by atoms with Crippen molar-refractivity contribution in [3.8, 4) is 5.75 Å². The molecule has 0 fully saturated rings. The Kier molecular flexibility index (Phi) is 4.83. The number of nitrogens with zero attached hydrogens (tertiary/aromatic N) is 1. The van der Waals surface area contributed by atoms with E-state index in [1.807, 2.05) is 0 Å². The van der Waals surface area contributed by atoms with Crippen LogP contribution in [0.1, 0.15) is 17.3 Å². The maximum atomic E-state index is 12.1. The van der Waals surface area contributed by atoms with Gasteiger partial charge in [0.15, 0.2) is 5.75 Å². The van der Waals surface area contributed by atoms with Crippen LogP contribution in [0.3, 0.4) is 0 Å². The van der Waals surface area contributed by atoms with Crippen LogP contribution in [0.25, 0.3) is 0 Å². The first-order valence-corrected chi connectivity index (χ1v) is 5.69. The molecule has 1 aromatic carbocycles. The molecule has 0 spiro atoms. The number of nitrogens with two attached hydrogens (primary N) is 1. The average Bonchev–Trinajstić information content (AvgIpc) is 2.37. The number of carbonyl (C=O) groups is 1. The number of nitrogen functional groups attached to an aromatic ring is 1. The van der Waals surface area contributed by atoms with Crippen molar-refractivity contribution in [1.29, 1.82) is 0 Å². The first kappa shape index (κ1) is 16.1. The lowest BCUT2D eigenvalue weighted by molar-refractivity contribution is -0.274. The summed E-state index contributed by atoms with van der Waals surface area (Å²) in [7, 11) is 1.47. The highest BCUT2D eigenvalue weighted by atomic mass is 19.4. The van der Waals surface area contributed by atoms with E-state index in [0.717, 1.165) is 12.1 Å². The maximum Gasteiger partial charge on any atom is 0.573 e. The molecule has 1 unspecified atom stereocenters. The third-order valence-electron chi connectivity index (χ3n) is 2.73. The summed E-state index contributed by atoms with van der Waals surface area (Å²) < 4.78 is 39.9. The second-order valence-electron chi connectivity index (χ2n) is 4.25. The first-order chi connectivity index (χ1) is 9.15. The van der Waals surface area contributed by atoms with Crippen LogP contribution in [0.15, 0.2) is 18.2 Å². The Morgan fingerprint density at radius 3 is 2.55 bits per heavy atom. The van der Waals surface area contributed by atoms with Gasteiger partial charge in [-0.05, 0) is 25.1 Å². The molecule has 0 heterocycles. The molecule has 1 aromatic rings. The monoisotopic (exact) mass is 292 g/mol. The van der Waals surface area contributed by atoms with E-state index in [-0.39, 0.29) is 17.9 Å². The van der Waals surface area contributed by atoms with Gasteiger partial charge in [-0.2, -0.15) is 0 Å². The molecule has 1 atom stereocenters. The maximum absolute atomic E-state index is 12.1. The smallest absolute Gasteiger partial charge is 0.404 e. The van der Waals surface area contributed by atoms with Gasteiger partial charge in [0.05, 0.1) is 18.3 Å². The minimum absolute atomic E-state index is 0.111. The summed E-state index contributed by atoms with van der Waals surface area (Å²) in [6.07, 6.45) is -4.85. The number of rotatable bonds is 4. The molecule has 8 heteroatoms. The van der Waals surface area contributed by atoms with E-state index >= 15 is 0 Å². The molecule has 0 aliphatic heterocycles. The van der Waals surface area contributed by atoms with E-state index < -0.39 is 24.1 Å². The molecule has 3 N–H and O–H groups in total. The number of amides is 1. The van der Waals surface area contributed by atoms with Crippen LogP contribution in [0.2, 0.25) is 0 Å². The van der Waals surface area contributed by atoms with Gasteiger partial charge in [-0.1, -0.05) is 0 Å². The molecule has 5 nitrogen and oxygen atoms in total. The zero-order valence-electron chi connectivity index (χ0n) is 10.9. The number of anilines is 1. The van der Waals surface area contributed by atoms with Crippen molar-refractivity contribution in [2.24, 2.45) is 0 Å². The second-order valence-corrected chi connectivity index (χ2v) is 4.25. The average molecular weight is 292 g/mol. The quantitative estimate of drug-likeness (QED) is 0.827. The van der Waals surface area contributed by atoms with Crippen molar-refractivity contribution >= 4 is 11.6 Å². The van der Waals surface area contributed by atoms with Gasteiger partial charge in [-0.15, -0.1) is 13.2 Å². The van der Waals surface area contributed by atoms with Crippen LogP contribution in [-0.2, 0) is 0 Å². The number of aliphatic hydroxyl groups is 1. The SMILES string of the molecule is CC(CO)N(C)C(=O)c1ccc(OC(F)(F)F)c(N)c1. The summed E-state index contributed by atoms with van der Waals surface area (Å²) in [5, 5.41) is 8.96. The van der Waals surface area contributed by atoms with E-state index in [2.05, 4.69) is 4.74 Å². The lowest BCUT2D eigenvalue weighted by Crippen LogP contribution is -2.37. The molecule has 1 amide bonds. The van der Waals surface area contributed by atoms with E-state index in [1.54, 1.807) is 6.92 Å². The van der Waals surface area contributed by atoms with Gasteiger partial charge in [-0.3, -0.25) is 4.79 Å². The van der Waals surface area contributed by atoms with Gasteiger partial charge in [-0.25, -0.2) is 0 Å². The third-order valence-corrected chi connectivity index (χ3v) is 2.73. The fraction of sp³-hybridized carbons (Fsp3) is 0.417.